The number of Topliss-reactive ketones (excluding diaryl/α,β-unsaturated/α-hetero) is 1. The molecule has 0 spiro atoms. The molecule has 2 rings (SSSR count). The highest BCUT2D eigenvalue weighted by molar-refractivity contribution is 7.17. The lowest BCUT2D eigenvalue weighted by Crippen LogP contribution is -2.41. The fraction of sp³-hybridized carbons (Fsp3) is 0.615. The molecule has 0 radical (unpaired) electrons. The van der Waals surface area contributed by atoms with Gasteiger partial charge in [0.05, 0.1) is 6.61 Å². The minimum atomic E-state index is -0.532. The van der Waals surface area contributed by atoms with E-state index in [0.717, 1.165) is 12.8 Å². The minimum Gasteiger partial charge on any atom is -0.461 e. The van der Waals surface area contributed by atoms with E-state index in [4.69, 9.17) is 4.74 Å². The van der Waals surface area contributed by atoms with E-state index in [-0.39, 0.29) is 23.6 Å². The van der Waals surface area contributed by atoms with Crippen LogP contribution in [0.5, 0.6) is 0 Å². The quantitative estimate of drug-likeness (QED) is 0.664. The van der Waals surface area contributed by atoms with Crippen molar-refractivity contribution in [3.8, 4) is 0 Å². The maximum Gasteiger partial charge on any atom is 0.358 e. The number of nitrogens with zero attached hydrogens (tertiary/aromatic N) is 1. The topological polar surface area (TPSA) is 68.3 Å². The van der Waals surface area contributed by atoms with Crippen molar-refractivity contribution in [1.82, 2.24) is 4.98 Å². The predicted octanol–water partition coefficient (Wildman–Crippen LogP) is 2.88. The first-order chi connectivity index (χ1) is 8.95. The van der Waals surface area contributed by atoms with Crippen LogP contribution in [0, 0.1) is 0 Å². The zero-order valence-corrected chi connectivity index (χ0v) is 12.2. The van der Waals surface area contributed by atoms with E-state index in [2.05, 4.69) is 17.2 Å². The molecule has 1 aromatic rings. The van der Waals surface area contributed by atoms with E-state index in [1.807, 2.05) is 0 Å². The highest BCUT2D eigenvalue weighted by atomic mass is 32.1. The predicted molar refractivity (Wildman–Crippen MR) is 74.0 cm³/mol. The Morgan fingerprint density at radius 1 is 1.47 bits per heavy atom. The van der Waals surface area contributed by atoms with Crippen molar-refractivity contribution in [3.05, 3.63) is 10.6 Å². The van der Waals surface area contributed by atoms with Crippen LogP contribution in [0.4, 0.5) is 5.13 Å². The van der Waals surface area contributed by atoms with Crippen molar-refractivity contribution < 1.29 is 14.3 Å². The van der Waals surface area contributed by atoms with Gasteiger partial charge in [-0.2, -0.15) is 0 Å². The fourth-order valence-electron chi connectivity index (χ4n) is 2.04. The van der Waals surface area contributed by atoms with Gasteiger partial charge in [0.2, 0.25) is 0 Å². The summed E-state index contributed by atoms with van der Waals surface area (Å²) in [4.78, 5) is 27.9. The number of ether oxygens (including phenoxy) is 1. The molecule has 1 aliphatic carbocycles. The van der Waals surface area contributed by atoms with Crippen LogP contribution < -0.4 is 5.32 Å². The van der Waals surface area contributed by atoms with Crippen LogP contribution in [0.3, 0.4) is 0 Å². The SMILES string of the molecule is CCOC(=O)c1nc(NC2(C)CCC2)sc1C(C)=O. The van der Waals surface area contributed by atoms with E-state index >= 15 is 0 Å². The van der Waals surface area contributed by atoms with Crippen LogP contribution in [0.2, 0.25) is 0 Å². The van der Waals surface area contributed by atoms with Crippen molar-refractivity contribution in [2.24, 2.45) is 0 Å². The number of nitrogens with one attached hydrogen (secondary N) is 1. The standard InChI is InChI=1S/C13H18N2O3S/c1-4-18-11(17)9-10(8(2)16)19-12(14-9)15-13(3)6-5-7-13/h4-7H2,1-3H3,(H,14,15). The Labute approximate surface area is 116 Å². The van der Waals surface area contributed by atoms with Gasteiger partial charge in [-0.1, -0.05) is 11.3 Å². The lowest BCUT2D eigenvalue weighted by molar-refractivity contribution is 0.0517. The Bertz CT molecular complexity index is 506. The van der Waals surface area contributed by atoms with Gasteiger partial charge in [-0.3, -0.25) is 4.79 Å². The van der Waals surface area contributed by atoms with E-state index < -0.39 is 5.97 Å². The molecule has 0 bridgehead atoms. The van der Waals surface area contributed by atoms with E-state index in [9.17, 15) is 9.59 Å². The summed E-state index contributed by atoms with van der Waals surface area (Å²) in [5.74, 6) is -0.692. The van der Waals surface area contributed by atoms with Gasteiger partial charge in [-0.05, 0) is 33.1 Å². The molecule has 1 fully saturated rings. The van der Waals surface area contributed by atoms with Crippen molar-refractivity contribution in [3.63, 3.8) is 0 Å². The molecule has 0 aromatic carbocycles. The molecule has 0 amide bonds. The average molecular weight is 282 g/mol. The Hall–Kier alpha value is -1.43. The molecule has 0 saturated heterocycles. The number of rotatable bonds is 5. The molecular weight excluding hydrogens is 264 g/mol. The van der Waals surface area contributed by atoms with Crippen molar-refractivity contribution >= 4 is 28.2 Å². The molecule has 0 atom stereocenters. The molecule has 1 aromatic heterocycles. The second kappa shape index (κ2) is 5.28. The Balaban J connectivity index is 2.24. The number of anilines is 1. The zero-order valence-electron chi connectivity index (χ0n) is 11.4. The zero-order chi connectivity index (χ0) is 14.0. The summed E-state index contributed by atoms with van der Waals surface area (Å²) in [6, 6.07) is 0. The lowest BCUT2D eigenvalue weighted by atomic mass is 9.79. The summed E-state index contributed by atoms with van der Waals surface area (Å²) in [7, 11) is 0. The summed E-state index contributed by atoms with van der Waals surface area (Å²) in [5.41, 5.74) is 0.169. The summed E-state index contributed by atoms with van der Waals surface area (Å²) in [6.07, 6.45) is 3.35. The molecular formula is C13H18N2O3S. The number of hydrogen-bond acceptors (Lipinski definition) is 6. The molecule has 1 saturated carbocycles. The molecule has 0 unspecified atom stereocenters. The summed E-state index contributed by atoms with van der Waals surface area (Å²) in [6.45, 7) is 5.56. The van der Waals surface area contributed by atoms with Gasteiger partial charge in [-0.25, -0.2) is 9.78 Å². The summed E-state index contributed by atoms with van der Waals surface area (Å²) in [5, 5.41) is 3.94. The molecule has 19 heavy (non-hydrogen) atoms. The molecule has 1 heterocycles. The minimum absolute atomic E-state index is 0.0395. The highest BCUT2D eigenvalue weighted by Gasteiger charge is 2.33. The van der Waals surface area contributed by atoms with Crippen LogP contribution in [0.25, 0.3) is 0 Å². The maximum atomic E-state index is 11.8. The van der Waals surface area contributed by atoms with Crippen molar-refractivity contribution in [1.29, 1.82) is 0 Å². The second-order valence-corrected chi connectivity index (χ2v) is 6.01. The number of hydrogen-bond donors (Lipinski definition) is 1. The number of thiazole rings is 1. The molecule has 104 valence electrons. The van der Waals surface area contributed by atoms with Crippen molar-refractivity contribution in [2.45, 2.75) is 45.6 Å². The van der Waals surface area contributed by atoms with Gasteiger partial charge in [0, 0.05) is 12.5 Å². The van der Waals surface area contributed by atoms with Gasteiger partial charge < -0.3 is 10.1 Å². The van der Waals surface area contributed by atoms with Gasteiger partial charge in [0.1, 0.15) is 4.88 Å². The van der Waals surface area contributed by atoms with E-state index in [0.29, 0.717) is 10.0 Å². The molecule has 1 aliphatic rings. The Morgan fingerprint density at radius 2 is 2.16 bits per heavy atom. The average Bonchev–Trinajstić information content (AvgIpc) is 2.71. The number of esters is 1. The number of ketones is 1. The van der Waals surface area contributed by atoms with Crippen LogP contribution >= 0.6 is 11.3 Å². The third-order valence-corrected chi connectivity index (χ3v) is 4.35. The van der Waals surface area contributed by atoms with Crippen LogP contribution in [-0.4, -0.2) is 28.9 Å². The Morgan fingerprint density at radius 3 is 2.63 bits per heavy atom. The van der Waals surface area contributed by atoms with E-state index in [1.54, 1.807) is 6.92 Å². The van der Waals surface area contributed by atoms with Gasteiger partial charge in [0.25, 0.3) is 0 Å². The number of carbonyl (C=O) groups is 2. The normalized spacial score (nSPS) is 16.6. The largest absolute Gasteiger partial charge is 0.461 e. The first kappa shape index (κ1) is 14.0. The van der Waals surface area contributed by atoms with Gasteiger partial charge in [-0.15, -0.1) is 0 Å². The number of carbonyl (C=O) groups excluding carboxylic acids is 2. The molecule has 5 nitrogen and oxygen atoms in total. The number of aromatic nitrogens is 1. The monoisotopic (exact) mass is 282 g/mol. The molecule has 1 N–H and O–H groups in total. The van der Waals surface area contributed by atoms with Gasteiger partial charge >= 0.3 is 5.97 Å². The van der Waals surface area contributed by atoms with Crippen LogP contribution in [0.15, 0.2) is 0 Å². The molecule has 6 heteroatoms. The van der Waals surface area contributed by atoms with E-state index in [1.165, 1.54) is 24.7 Å². The fourth-order valence-corrected chi connectivity index (χ4v) is 3.04. The maximum absolute atomic E-state index is 11.8. The lowest BCUT2D eigenvalue weighted by Gasteiger charge is -2.39. The van der Waals surface area contributed by atoms with Crippen molar-refractivity contribution in [2.75, 3.05) is 11.9 Å². The first-order valence-corrected chi connectivity index (χ1v) is 7.24. The third-order valence-electron chi connectivity index (χ3n) is 3.28. The van der Waals surface area contributed by atoms with Gasteiger partial charge in [0.15, 0.2) is 16.6 Å². The second-order valence-electron chi connectivity index (χ2n) is 5.01. The smallest absolute Gasteiger partial charge is 0.358 e. The molecule has 0 aliphatic heterocycles. The first-order valence-electron chi connectivity index (χ1n) is 6.42. The Kier molecular flexibility index (Phi) is 3.89. The summed E-state index contributed by atoms with van der Waals surface area (Å²) < 4.78 is 4.93. The van der Waals surface area contributed by atoms with Crippen LogP contribution in [-0.2, 0) is 4.74 Å². The summed E-state index contributed by atoms with van der Waals surface area (Å²) >= 11 is 1.23. The highest BCUT2D eigenvalue weighted by Crippen LogP contribution is 2.36. The van der Waals surface area contributed by atoms with Crippen LogP contribution in [0.1, 0.15) is 60.2 Å². The third kappa shape index (κ3) is 2.94.